The van der Waals surface area contributed by atoms with Crippen molar-refractivity contribution < 1.29 is 47.4 Å². The van der Waals surface area contributed by atoms with Crippen molar-refractivity contribution in [1.82, 2.24) is 4.72 Å². The molecule has 14 heteroatoms. The molecule has 0 saturated carbocycles. The molecule has 0 amide bonds. The van der Waals surface area contributed by atoms with E-state index in [9.17, 15) is 43.2 Å². The first-order valence-corrected chi connectivity index (χ1v) is 11.2. The van der Waals surface area contributed by atoms with Gasteiger partial charge in [-0.1, -0.05) is 12.1 Å². The van der Waals surface area contributed by atoms with Crippen LogP contribution in [0.2, 0.25) is 0 Å². The number of rotatable bonds is 7. The Kier molecular flexibility index (Phi) is 7.10. The van der Waals surface area contributed by atoms with Crippen LogP contribution in [0.25, 0.3) is 0 Å². The molecule has 31 heavy (non-hydrogen) atoms. The van der Waals surface area contributed by atoms with Crippen molar-refractivity contribution in [2.75, 3.05) is 6.61 Å². The Hall–Kier alpha value is -2.16. The van der Waals surface area contributed by atoms with Crippen molar-refractivity contribution in [1.29, 1.82) is 0 Å². The van der Waals surface area contributed by atoms with Crippen molar-refractivity contribution in [2.24, 2.45) is 0 Å². The Morgan fingerprint density at radius 1 is 0.839 bits per heavy atom. The molecule has 1 atom stereocenters. The molecule has 0 aliphatic carbocycles. The summed E-state index contributed by atoms with van der Waals surface area (Å²) in [7, 11) is -9.14. The van der Waals surface area contributed by atoms with Crippen LogP contribution in [0.3, 0.4) is 0 Å². The fourth-order valence-electron chi connectivity index (χ4n) is 2.29. The molecule has 0 fully saturated rings. The predicted molar refractivity (Wildman–Crippen MR) is 95.8 cm³/mol. The molecule has 0 heterocycles. The Labute approximate surface area is 174 Å². The second-order valence-electron chi connectivity index (χ2n) is 6.31. The second kappa shape index (κ2) is 8.76. The third-order valence-corrected chi connectivity index (χ3v) is 6.62. The number of nitrogens with one attached hydrogen (secondary N) is 1. The second-order valence-corrected chi connectivity index (χ2v) is 9.64. The van der Waals surface area contributed by atoms with Gasteiger partial charge in [-0.3, -0.25) is 4.18 Å². The van der Waals surface area contributed by atoms with E-state index in [1.807, 2.05) is 4.72 Å². The zero-order chi connectivity index (χ0) is 23.7. The maximum Gasteiger partial charge on any atom is 0.416 e. The van der Waals surface area contributed by atoms with Gasteiger partial charge in [0.25, 0.3) is 10.1 Å². The highest BCUT2D eigenvalue weighted by Crippen LogP contribution is 2.31. The largest absolute Gasteiger partial charge is 0.416 e. The highest BCUT2D eigenvalue weighted by atomic mass is 32.2. The molecule has 0 saturated heterocycles. The summed E-state index contributed by atoms with van der Waals surface area (Å²) in [5.41, 5.74) is -2.43. The summed E-state index contributed by atoms with van der Waals surface area (Å²) in [6.07, 6.45) is -9.57. The molecule has 0 spiro atoms. The summed E-state index contributed by atoms with van der Waals surface area (Å²) in [6.45, 7) is 0.337. The summed E-state index contributed by atoms with van der Waals surface area (Å²) in [5.74, 6) is 0. The van der Waals surface area contributed by atoms with Gasteiger partial charge in [-0.15, -0.1) is 0 Å². The lowest BCUT2D eigenvalue weighted by Crippen LogP contribution is -2.36. The van der Waals surface area contributed by atoms with Crippen molar-refractivity contribution in [3.63, 3.8) is 0 Å². The molecule has 0 aromatic heterocycles. The average Bonchev–Trinajstić information content (AvgIpc) is 2.65. The molecule has 2 aromatic carbocycles. The van der Waals surface area contributed by atoms with Gasteiger partial charge in [0.15, 0.2) is 0 Å². The number of sulfonamides is 1. The number of alkyl halides is 6. The molecule has 6 nitrogen and oxygen atoms in total. The lowest BCUT2D eigenvalue weighted by molar-refractivity contribution is -0.138. The monoisotopic (exact) mass is 491 g/mol. The lowest BCUT2D eigenvalue weighted by atomic mass is 10.2. The Balaban J connectivity index is 2.12. The molecule has 0 unspecified atom stereocenters. The Morgan fingerprint density at radius 3 is 1.77 bits per heavy atom. The summed E-state index contributed by atoms with van der Waals surface area (Å²) in [5, 5.41) is 0. The van der Waals surface area contributed by atoms with Crippen molar-refractivity contribution in [3.05, 3.63) is 59.7 Å². The molecule has 0 aliphatic rings. The van der Waals surface area contributed by atoms with E-state index in [-0.39, 0.29) is 0 Å². The number of halogens is 6. The van der Waals surface area contributed by atoms with E-state index >= 15 is 0 Å². The van der Waals surface area contributed by atoms with Gasteiger partial charge in [0.2, 0.25) is 10.0 Å². The molecule has 2 rings (SSSR count). The van der Waals surface area contributed by atoms with Crippen LogP contribution in [0.15, 0.2) is 58.3 Å². The van der Waals surface area contributed by atoms with Crippen LogP contribution < -0.4 is 4.72 Å². The third-order valence-electron chi connectivity index (χ3n) is 3.75. The van der Waals surface area contributed by atoms with Crippen LogP contribution in [-0.2, 0) is 36.7 Å². The van der Waals surface area contributed by atoms with Crippen LogP contribution in [0.5, 0.6) is 0 Å². The zero-order valence-electron chi connectivity index (χ0n) is 15.5. The van der Waals surface area contributed by atoms with E-state index in [4.69, 9.17) is 0 Å². The van der Waals surface area contributed by atoms with Crippen LogP contribution in [0.1, 0.15) is 18.1 Å². The first kappa shape index (κ1) is 25.1. The Bertz CT molecular complexity index is 1140. The number of hydrogen-bond donors (Lipinski definition) is 1. The molecule has 0 radical (unpaired) electrons. The molecular formula is C17H15F6NO5S2. The van der Waals surface area contributed by atoms with Gasteiger partial charge in [0.1, 0.15) is 0 Å². The first-order valence-electron chi connectivity index (χ1n) is 8.29. The SMILES string of the molecule is C[C@@H](COS(=O)(=O)c1cccc(C(F)(F)F)c1)NS(=O)(=O)c1cccc(C(F)(F)F)c1. The smallest absolute Gasteiger partial charge is 0.265 e. The fraction of sp³-hybridized carbons (Fsp3) is 0.294. The van der Waals surface area contributed by atoms with Crippen molar-refractivity contribution >= 4 is 20.1 Å². The highest BCUT2D eigenvalue weighted by Gasteiger charge is 2.33. The van der Waals surface area contributed by atoms with Gasteiger partial charge in [0.05, 0.1) is 27.5 Å². The minimum absolute atomic E-state index is 0.354. The predicted octanol–water partition coefficient (Wildman–Crippen LogP) is 3.80. The van der Waals surface area contributed by atoms with Gasteiger partial charge < -0.3 is 0 Å². The molecule has 0 bridgehead atoms. The fourth-order valence-corrected chi connectivity index (χ4v) is 4.60. The highest BCUT2D eigenvalue weighted by molar-refractivity contribution is 7.89. The van der Waals surface area contributed by atoms with E-state index < -0.39 is 66.1 Å². The van der Waals surface area contributed by atoms with Crippen LogP contribution in [0.4, 0.5) is 26.3 Å². The maximum absolute atomic E-state index is 12.8. The van der Waals surface area contributed by atoms with Gasteiger partial charge in [0, 0.05) is 6.04 Å². The number of hydrogen-bond acceptors (Lipinski definition) is 5. The van der Waals surface area contributed by atoms with E-state index in [0.29, 0.717) is 24.3 Å². The van der Waals surface area contributed by atoms with Crippen LogP contribution >= 0.6 is 0 Å². The summed E-state index contributed by atoms with van der Waals surface area (Å²) in [6, 6.07) is 4.35. The van der Waals surface area contributed by atoms with Gasteiger partial charge in [-0.2, -0.15) is 34.8 Å². The summed E-state index contributed by atoms with van der Waals surface area (Å²) in [4.78, 5) is -1.51. The molecular weight excluding hydrogens is 476 g/mol. The van der Waals surface area contributed by atoms with Crippen LogP contribution in [0, 0.1) is 0 Å². The average molecular weight is 491 g/mol. The minimum atomic E-state index is -4.79. The van der Waals surface area contributed by atoms with Crippen molar-refractivity contribution in [3.8, 4) is 0 Å². The molecule has 172 valence electrons. The Morgan fingerprint density at radius 2 is 1.29 bits per heavy atom. The summed E-state index contributed by atoms with van der Waals surface area (Å²) < 4.78 is 132. The van der Waals surface area contributed by atoms with Gasteiger partial charge in [-0.25, -0.2) is 13.1 Å². The minimum Gasteiger partial charge on any atom is -0.265 e. The quantitative estimate of drug-likeness (QED) is 0.470. The molecule has 0 aliphatic heterocycles. The lowest BCUT2D eigenvalue weighted by Gasteiger charge is -2.16. The molecule has 2 aromatic rings. The normalized spacial score (nSPS) is 14.4. The summed E-state index contributed by atoms with van der Waals surface area (Å²) >= 11 is 0. The maximum atomic E-state index is 12.8. The van der Waals surface area contributed by atoms with E-state index in [1.165, 1.54) is 0 Å². The van der Waals surface area contributed by atoms with E-state index in [2.05, 4.69) is 4.18 Å². The van der Waals surface area contributed by atoms with Crippen LogP contribution in [-0.4, -0.2) is 29.5 Å². The zero-order valence-corrected chi connectivity index (χ0v) is 17.2. The first-order chi connectivity index (χ1) is 14.0. The van der Waals surface area contributed by atoms with E-state index in [1.54, 1.807) is 0 Å². The van der Waals surface area contributed by atoms with E-state index in [0.717, 1.165) is 31.2 Å². The van der Waals surface area contributed by atoms with Crippen molar-refractivity contribution in [2.45, 2.75) is 35.1 Å². The van der Waals surface area contributed by atoms with Gasteiger partial charge in [-0.05, 0) is 43.3 Å². The standard InChI is InChI=1S/C17H15F6NO5S2/c1-11(24-30(25,26)14-6-2-4-12(8-14)16(18,19)20)10-29-31(27,28)15-7-3-5-13(9-15)17(21,22)23/h2-9,11,24H,10H2,1H3/t11-/m0/s1. The third kappa shape index (κ3) is 6.66. The number of benzene rings is 2. The van der Waals surface area contributed by atoms with Gasteiger partial charge >= 0.3 is 12.4 Å². The molecule has 1 N–H and O–H groups in total. The topological polar surface area (TPSA) is 89.5 Å².